The Morgan fingerprint density at radius 2 is 1.79 bits per heavy atom. The minimum Gasteiger partial charge on any atom is -0.486 e. The Bertz CT molecular complexity index is 820. The van der Waals surface area contributed by atoms with Gasteiger partial charge in [0.2, 0.25) is 0 Å². The van der Waals surface area contributed by atoms with Crippen molar-refractivity contribution in [3.63, 3.8) is 0 Å². The van der Waals surface area contributed by atoms with E-state index in [-0.39, 0.29) is 12.1 Å². The van der Waals surface area contributed by atoms with Gasteiger partial charge in [-0.15, -0.1) is 0 Å². The SMILES string of the molecule is CN(C[C@H]1COc2ccccc2O1)C(=O)Nc1ccccc1N1CCCCC1. The molecule has 0 aliphatic carbocycles. The van der Waals surface area contributed by atoms with Crippen molar-refractivity contribution in [3.05, 3.63) is 48.5 Å². The lowest BCUT2D eigenvalue weighted by Crippen LogP contribution is -2.43. The Labute approximate surface area is 166 Å². The van der Waals surface area contributed by atoms with Crippen molar-refractivity contribution in [2.24, 2.45) is 0 Å². The van der Waals surface area contributed by atoms with E-state index < -0.39 is 0 Å². The third-order valence-electron chi connectivity index (χ3n) is 5.23. The number of carbonyl (C=O) groups is 1. The van der Waals surface area contributed by atoms with Crippen LogP contribution in [0, 0.1) is 0 Å². The highest BCUT2D eigenvalue weighted by atomic mass is 16.6. The zero-order chi connectivity index (χ0) is 19.3. The van der Waals surface area contributed by atoms with E-state index in [0.29, 0.717) is 13.2 Å². The number of piperidine rings is 1. The van der Waals surface area contributed by atoms with Crippen LogP contribution in [0.2, 0.25) is 0 Å². The number of rotatable bonds is 4. The number of carbonyl (C=O) groups excluding carboxylic acids is 1. The summed E-state index contributed by atoms with van der Waals surface area (Å²) in [5.41, 5.74) is 1.95. The van der Waals surface area contributed by atoms with Gasteiger partial charge in [0.15, 0.2) is 17.6 Å². The zero-order valence-corrected chi connectivity index (χ0v) is 16.3. The first-order valence-corrected chi connectivity index (χ1v) is 9.95. The monoisotopic (exact) mass is 381 g/mol. The van der Waals surface area contributed by atoms with Gasteiger partial charge in [0.05, 0.1) is 17.9 Å². The van der Waals surface area contributed by atoms with E-state index in [4.69, 9.17) is 9.47 Å². The molecule has 2 heterocycles. The molecule has 1 atom stereocenters. The first-order valence-electron chi connectivity index (χ1n) is 9.95. The summed E-state index contributed by atoms with van der Waals surface area (Å²) in [7, 11) is 1.78. The highest BCUT2D eigenvalue weighted by Gasteiger charge is 2.24. The average molecular weight is 381 g/mol. The number of para-hydroxylation sites is 4. The van der Waals surface area contributed by atoms with Crippen molar-refractivity contribution < 1.29 is 14.3 Å². The molecule has 0 radical (unpaired) electrons. The molecule has 1 N–H and O–H groups in total. The van der Waals surface area contributed by atoms with Gasteiger partial charge in [0, 0.05) is 20.1 Å². The lowest BCUT2D eigenvalue weighted by atomic mass is 10.1. The Morgan fingerprint density at radius 1 is 1.07 bits per heavy atom. The van der Waals surface area contributed by atoms with Crippen molar-refractivity contribution in [2.75, 3.05) is 43.5 Å². The summed E-state index contributed by atoms with van der Waals surface area (Å²) >= 11 is 0. The summed E-state index contributed by atoms with van der Waals surface area (Å²) in [6.45, 7) is 2.95. The second-order valence-electron chi connectivity index (χ2n) is 7.37. The highest BCUT2D eigenvalue weighted by Crippen LogP contribution is 2.31. The molecule has 2 aliphatic rings. The van der Waals surface area contributed by atoms with Gasteiger partial charge in [-0.2, -0.15) is 0 Å². The summed E-state index contributed by atoms with van der Waals surface area (Å²) < 4.78 is 11.7. The summed E-state index contributed by atoms with van der Waals surface area (Å²) in [6, 6.07) is 15.5. The van der Waals surface area contributed by atoms with Gasteiger partial charge < -0.3 is 24.6 Å². The van der Waals surface area contributed by atoms with Gasteiger partial charge in [0.1, 0.15) is 6.61 Å². The third-order valence-corrected chi connectivity index (χ3v) is 5.23. The van der Waals surface area contributed by atoms with E-state index in [2.05, 4.69) is 16.3 Å². The molecule has 0 bridgehead atoms. The molecule has 2 amide bonds. The maximum Gasteiger partial charge on any atom is 0.321 e. The molecular weight excluding hydrogens is 354 g/mol. The number of ether oxygens (including phenoxy) is 2. The third kappa shape index (κ3) is 4.16. The Morgan fingerprint density at radius 3 is 2.61 bits per heavy atom. The molecule has 0 aromatic heterocycles. The number of likely N-dealkylation sites (N-methyl/N-ethyl adjacent to an activating group) is 1. The summed E-state index contributed by atoms with van der Waals surface area (Å²) in [5.74, 6) is 1.48. The van der Waals surface area contributed by atoms with Crippen LogP contribution in [0.25, 0.3) is 0 Å². The van der Waals surface area contributed by atoms with E-state index >= 15 is 0 Å². The van der Waals surface area contributed by atoms with Gasteiger partial charge >= 0.3 is 6.03 Å². The Balaban J connectivity index is 1.38. The molecule has 0 spiro atoms. The first-order chi connectivity index (χ1) is 13.7. The molecule has 6 nitrogen and oxygen atoms in total. The molecule has 2 aromatic rings. The molecule has 6 heteroatoms. The minimum atomic E-state index is -0.192. The fourth-order valence-electron chi connectivity index (χ4n) is 3.74. The average Bonchev–Trinajstić information content (AvgIpc) is 2.74. The van der Waals surface area contributed by atoms with Gasteiger partial charge in [-0.05, 0) is 43.5 Å². The molecule has 2 aliphatic heterocycles. The number of benzene rings is 2. The topological polar surface area (TPSA) is 54.0 Å². The van der Waals surface area contributed by atoms with Crippen LogP contribution < -0.4 is 19.7 Å². The quantitative estimate of drug-likeness (QED) is 0.870. The van der Waals surface area contributed by atoms with Crippen LogP contribution in [0.15, 0.2) is 48.5 Å². The number of urea groups is 1. The molecule has 0 unspecified atom stereocenters. The number of hydrogen-bond acceptors (Lipinski definition) is 4. The van der Waals surface area contributed by atoms with Crippen molar-refractivity contribution >= 4 is 17.4 Å². The maximum absolute atomic E-state index is 12.8. The van der Waals surface area contributed by atoms with Crippen LogP contribution in [-0.4, -0.2) is 50.3 Å². The number of amides is 2. The largest absolute Gasteiger partial charge is 0.486 e. The number of anilines is 2. The van der Waals surface area contributed by atoms with E-state index in [0.717, 1.165) is 36.0 Å². The van der Waals surface area contributed by atoms with E-state index in [9.17, 15) is 4.79 Å². The number of hydrogen-bond donors (Lipinski definition) is 1. The van der Waals surface area contributed by atoms with E-state index in [1.165, 1.54) is 19.3 Å². The normalized spacial score (nSPS) is 18.5. The van der Waals surface area contributed by atoms with E-state index in [1.807, 2.05) is 42.5 Å². The van der Waals surface area contributed by atoms with Crippen molar-refractivity contribution in [3.8, 4) is 11.5 Å². The highest BCUT2D eigenvalue weighted by molar-refractivity contribution is 5.93. The lowest BCUT2D eigenvalue weighted by molar-refractivity contribution is 0.0731. The maximum atomic E-state index is 12.8. The molecule has 148 valence electrons. The second kappa shape index (κ2) is 8.42. The fraction of sp³-hybridized carbons (Fsp3) is 0.409. The molecule has 2 aromatic carbocycles. The summed E-state index contributed by atoms with van der Waals surface area (Å²) in [4.78, 5) is 16.8. The number of fused-ring (bicyclic) bond motifs is 1. The number of nitrogens with zero attached hydrogens (tertiary/aromatic N) is 2. The minimum absolute atomic E-state index is 0.146. The zero-order valence-electron chi connectivity index (χ0n) is 16.3. The van der Waals surface area contributed by atoms with E-state index in [1.54, 1.807) is 11.9 Å². The summed E-state index contributed by atoms with van der Waals surface area (Å²) in [6.07, 6.45) is 3.48. The molecule has 0 saturated carbocycles. The molecule has 1 fully saturated rings. The smallest absolute Gasteiger partial charge is 0.321 e. The van der Waals surface area contributed by atoms with Gasteiger partial charge in [0.25, 0.3) is 0 Å². The van der Waals surface area contributed by atoms with Gasteiger partial charge in [-0.25, -0.2) is 4.79 Å². The molecular formula is C22H27N3O3. The van der Waals surface area contributed by atoms with Crippen LogP contribution in [0.5, 0.6) is 11.5 Å². The van der Waals surface area contributed by atoms with Crippen molar-refractivity contribution in [2.45, 2.75) is 25.4 Å². The standard InChI is InChI=1S/C22H27N3O3/c1-24(15-17-16-27-20-11-5-6-12-21(20)28-17)22(26)23-18-9-3-4-10-19(18)25-13-7-2-8-14-25/h3-6,9-12,17H,2,7-8,13-16H2,1H3,(H,23,26)/t17-/m0/s1. The van der Waals surface area contributed by atoms with Gasteiger partial charge in [-0.3, -0.25) is 0 Å². The van der Waals surface area contributed by atoms with Crippen LogP contribution in [-0.2, 0) is 0 Å². The predicted molar refractivity (Wildman–Crippen MR) is 111 cm³/mol. The summed E-state index contributed by atoms with van der Waals surface area (Å²) in [5, 5.41) is 3.07. The Kier molecular flexibility index (Phi) is 5.55. The van der Waals surface area contributed by atoms with Gasteiger partial charge in [-0.1, -0.05) is 24.3 Å². The van der Waals surface area contributed by atoms with Crippen LogP contribution in [0.1, 0.15) is 19.3 Å². The first kappa shape index (κ1) is 18.5. The molecule has 4 rings (SSSR count). The molecule has 1 saturated heterocycles. The van der Waals surface area contributed by atoms with Crippen LogP contribution in [0.3, 0.4) is 0 Å². The number of nitrogens with one attached hydrogen (secondary N) is 1. The lowest BCUT2D eigenvalue weighted by Gasteiger charge is -2.32. The van der Waals surface area contributed by atoms with Crippen molar-refractivity contribution in [1.29, 1.82) is 0 Å². The van der Waals surface area contributed by atoms with Crippen LogP contribution >= 0.6 is 0 Å². The van der Waals surface area contributed by atoms with Crippen LogP contribution in [0.4, 0.5) is 16.2 Å². The second-order valence-corrected chi connectivity index (χ2v) is 7.37. The molecule has 28 heavy (non-hydrogen) atoms. The fourth-order valence-corrected chi connectivity index (χ4v) is 3.74. The van der Waals surface area contributed by atoms with Crippen molar-refractivity contribution in [1.82, 2.24) is 4.90 Å². The predicted octanol–water partition coefficient (Wildman–Crippen LogP) is 3.98. The Hall–Kier alpha value is -2.89.